The summed E-state index contributed by atoms with van der Waals surface area (Å²) in [6, 6.07) is 0.719. The van der Waals surface area contributed by atoms with E-state index in [1.807, 2.05) is 20.4 Å². The molecule has 0 heterocycles. The van der Waals surface area contributed by atoms with Gasteiger partial charge >= 0.3 is 8.56 Å². The molecule has 0 spiro atoms. The topological polar surface area (TPSA) is 55.8 Å². The Labute approximate surface area is 130 Å². The molecule has 21 heavy (non-hydrogen) atoms. The fourth-order valence-corrected chi connectivity index (χ4v) is 4.63. The van der Waals surface area contributed by atoms with Gasteiger partial charge in [0.25, 0.3) is 0 Å². The van der Waals surface area contributed by atoms with Crippen LogP contribution < -0.4 is 0 Å². The molecule has 0 aliphatic rings. The standard InChI is InChI=1S/C16H32O4Si/c1-5-8-13-19-21(4,14-9-12-17)20-16(11-7-3)15(18)10-6-2/h6,10,16-17H,5,7-9,11-14H2,1-4H3. The lowest BCUT2D eigenvalue weighted by Gasteiger charge is -2.31. The first-order valence-corrected chi connectivity index (χ1v) is 10.6. The van der Waals surface area contributed by atoms with Crippen LogP contribution in [-0.4, -0.2) is 38.8 Å². The molecular weight excluding hydrogens is 284 g/mol. The van der Waals surface area contributed by atoms with Crippen molar-refractivity contribution in [2.24, 2.45) is 0 Å². The Hall–Kier alpha value is -0.493. The maximum Gasteiger partial charge on any atom is 0.335 e. The lowest BCUT2D eigenvalue weighted by Crippen LogP contribution is -2.44. The number of unbranched alkanes of at least 4 members (excludes halogenated alkanes) is 1. The van der Waals surface area contributed by atoms with E-state index in [0.29, 0.717) is 19.4 Å². The summed E-state index contributed by atoms with van der Waals surface area (Å²) in [7, 11) is -2.41. The molecule has 0 aromatic carbocycles. The van der Waals surface area contributed by atoms with E-state index in [2.05, 4.69) is 6.92 Å². The zero-order valence-corrected chi connectivity index (χ0v) is 15.1. The molecule has 0 fully saturated rings. The van der Waals surface area contributed by atoms with Crippen molar-refractivity contribution in [2.75, 3.05) is 13.2 Å². The molecule has 0 aliphatic carbocycles. The van der Waals surface area contributed by atoms with E-state index in [-0.39, 0.29) is 12.4 Å². The molecule has 0 saturated heterocycles. The van der Waals surface area contributed by atoms with E-state index in [1.54, 1.807) is 12.2 Å². The minimum Gasteiger partial charge on any atom is -0.396 e. The molecule has 1 N–H and O–H groups in total. The highest BCUT2D eigenvalue weighted by Gasteiger charge is 2.35. The van der Waals surface area contributed by atoms with E-state index < -0.39 is 14.7 Å². The summed E-state index contributed by atoms with van der Waals surface area (Å²) in [4.78, 5) is 12.1. The van der Waals surface area contributed by atoms with Crippen LogP contribution in [0, 0.1) is 0 Å². The third-order valence-electron chi connectivity index (χ3n) is 3.28. The largest absolute Gasteiger partial charge is 0.396 e. The van der Waals surface area contributed by atoms with E-state index in [0.717, 1.165) is 25.3 Å². The molecule has 2 atom stereocenters. The molecule has 124 valence electrons. The van der Waals surface area contributed by atoms with Gasteiger partial charge in [-0.3, -0.25) is 4.79 Å². The van der Waals surface area contributed by atoms with Crippen LogP contribution in [0.2, 0.25) is 12.6 Å². The van der Waals surface area contributed by atoms with Crippen molar-refractivity contribution in [3.05, 3.63) is 12.2 Å². The van der Waals surface area contributed by atoms with Crippen molar-refractivity contribution >= 4 is 14.3 Å². The number of rotatable bonds is 13. The molecule has 2 unspecified atom stereocenters. The molecule has 0 radical (unpaired) electrons. The molecule has 0 aliphatic heterocycles. The predicted octanol–water partition coefficient (Wildman–Crippen LogP) is 3.59. The maximum atomic E-state index is 12.1. The smallest absolute Gasteiger partial charge is 0.335 e. The lowest BCUT2D eigenvalue weighted by atomic mass is 10.1. The first-order valence-electron chi connectivity index (χ1n) is 8.12. The monoisotopic (exact) mass is 316 g/mol. The van der Waals surface area contributed by atoms with Gasteiger partial charge in [-0.1, -0.05) is 32.8 Å². The SMILES string of the molecule is CC=CC(=O)C(CCC)O[Si](C)(CCCO)OCCCC. The van der Waals surface area contributed by atoms with Crippen molar-refractivity contribution < 1.29 is 18.8 Å². The molecule has 4 nitrogen and oxygen atoms in total. The Morgan fingerprint density at radius 1 is 1.29 bits per heavy atom. The van der Waals surface area contributed by atoms with Gasteiger partial charge in [0.15, 0.2) is 5.78 Å². The van der Waals surface area contributed by atoms with Crippen molar-refractivity contribution in [1.82, 2.24) is 0 Å². The fourth-order valence-electron chi connectivity index (χ4n) is 2.09. The second-order valence-corrected chi connectivity index (χ2v) is 8.75. The van der Waals surface area contributed by atoms with E-state index in [9.17, 15) is 4.79 Å². The number of aliphatic hydroxyl groups is 1. The Kier molecular flexibility index (Phi) is 11.8. The third-order valence-corrected chi connectivity index (χ3v) is 6.14. The number of ketones is 1. The summed E-state index contributed by atoms with van der Waals surface area (Å²) in [5.41, 5.74) is 0. The van der Waals surface area contributed by atoms with Crippen LogP contribution in [0.25, 0.3) is 0 Å². The highest BCUT2D eigenvalue weighted by atomic mass is 28.4. The van der Waals surface area contributed by atoms with Crippen LogP contribution in [0.4, 0.5) is 0 Å². The average Bonchev–Trinajstić information content (AvgIpc) is 2.45. The van der Waals surface area contributed by atoms with Crippen molar-refractivity contribution in [3.63, 3.8) is 0 Å². The van der Waals surface area contributed by atoms with Gasteiger partial charge < -0.3 is 14.0 Å². The normalized spacial score (nSPS) is 16.0. The highest BCUT2D eigenvalue weighted by Crippen LogP contribution is 2.21. The summed E-state index contributed by atoms with van der Waals surface area (Å²) in [6.45, 7) is 8.80. The van der Waals surface area contributed by atoms with Crippen LogP contribution in [0.15, 0.2) is 12.2 Å². The van der Waals surface area contributed by atoms with Gasteiger partial charge in [0.05, 0.1) is 0 Å². The van der Waals surface area contributed by atoms with Gasteiger partial charge in [-0.05, 0) is 44.9 Å². The number of hydrogen-bond acceptors (Lipinski definition) is 4. The summed E-state index contributed by atoms with van der Waals surface area (Å²) in [5, 5.41) is 9.07. The minimum atomic E-state index is -2.41. The molecule has 0 rings (SSSR count). The second kappa shape index (κ2) is 12.1. The van der Waals surface area contributed by atoms with Crippen molar-refractivity contribution in [1.29, 1.82) is 0 Å². The zero-order chi connectivity index (χ0) is 16.1. The number of carbonyl (C=O) groups is 1. The minimum absolute atomic E-state index is 0.0150. The Morgan fingerprint density at radius 3 is 2.52 bits per heavy atom. The van der Waals surface area contributed by atoms with E-state index in [1.165, 1.54) is 0 Å². The molecular formula is C16H32O4Si. The van der Waals surface area contributed by atoms with Crippen molar-refractivity contribution in [3.8, 4) is 0 Å². The predicted molar refractivity (Wildman–Crippen MR) is 88.6 cm³/mol. The Balaban J connectivity index is 4.80. The number of aliphatic hydroxyl groups excluding tert-OH is 1. The number of carbonyl (C=O) groups excluding carboxylic acids is 1. The highest BCUT2D eigenvalue weighted by molar-refractivity contribution is 6.66. The van der Waals surface area contributed by atoms with Crippen LogP contribution in [0.1, 0.15) is 52.9 Å². The van der Waals surface area contributed by atoms with Gasteiger partial charge in [0.1, 0.15) is 6.10 Å². The molecule has 0 saturated carbocycles. The average molecular weight is 317 g/mol. The van der Waals surface area contributed by atoms with Gasteiger partial charge in [-0.25, -0.2) is 0 Å². The zero-order valence-electron chi connectivity index (χ0n) is 14.1. The maximum absolute atomic E-state index is 12.1. The summed E-state index contributed by atoms with van der Waals surface area (Å²) < 4.78 is 12.2. The van der Waals surface area contributed by atoms with Crippen LogP contribution in [0.5, 0.6) is 0 Å². The van der Waals surface area contributed by atoms with E-state index in [4.69, 9.17) is 14.0 Å². The Morgan fingerprint density at radius 2 is 2.00 bits per heavy atom. The van der Waals surface area contributed by atoms with Gasteiger partial charge in [-0.2, -0.15) is 0 Å². The quantitative estimate of drug-likeness (QED) is 0.320. The summed E-state index contributed by atoms with van der Waals surface area (Å²) in [6.07, 6.45) is 7.24. The molecule has 0 aromatic heterocycles. The Bertz CT molecular complexity index is 307. The van der Waals surface area contributed by atoms with Crippen LogP contribution in [-0.2, 0) is 13.6 Å². The summed E-state index contributed by atoms with van der Waals surface area (Å²) >= 11 is 0. The fraction of sp³-hybridized carbons (Fsp3) is 0.812. The molecule has 0 amide bonds. The van der Waals surface area contributed by atoms with Crippen LogP contribution in [0.3, 0.4) is 0 Å². The van der Waals surface area contributed by atoms with Crippen molar-refractivity contribution in [2.45, 2.75) is 71.6 Å². The third kappa shape index (κ3) is 9.19. The molecule has 0 aromatic rings. The first kappa shape index (κ1) is 20.5. The number of allylic oxidation sites excluding steroid dienone is 1. The van der Waals surface area contributed by atoms with Crippen LogP contribution >= 0.6 is 0 Å². The first-order chi connectivity index (χ1) is 10.0. The second-order valence-electron chi connectivity index (χ2n) is 5.46. The molecule has 5 heteroatoms. The lowest BCUT2D eigenvalue weighted by molar-refractivity contribution is -0.122. The van der Waals surface area contributed by atoms with Gasteiger partial charge in [-0.15, -0.1) is 0 Å². The van der Waals surface area contributed by atoms with Gasteiger partial charge in [0, 0.05) is 13.2 Å². The molecule has 0 bridgehead atoms. The van der Waals surface area contributed by atoms with E-state index >= 15 is 0 Å². The summed E-state index contributed by atoms with van der Waals surface area (Å²) in [5.74, 6) is 0.0150. The van der Waals surface area contributed by atoms with Gasteiger partial charge in [0.2, 0.25) is 0 Å². The number of hydrogen-bond donors (Lipinski definition) is 1.